The first-order chi connectivity index (χ1) is 7.83. The van der Waals surface area contributed by atoms with Crippen molar-refractivity contribution in [3.05, 3.63) is 34.9 Å². The highest BCUT2D eigenvalue weighted by Gasteiger charge is 1.92. The number of hydrogen-bond donors (Lipinski definition) is 2. The summed E-state index contributed by atoms with van der Waals surface area (Å²) in [5.41, 5.74) is 1.25. The van der Waals surface area contributed by atoms with Crippen LogP contribution in [0.15, 0.2) is 24.3 Å². The molecule has 4 heteroatoms. The zero-order valence-corrected chi connectivity index (χ0v) is 10.4. The number of benzene rings is 1. The lowest BCUT2D eigenvalue weighted by atomic mass is 10.2. The van der Waals surface area contributed by atoms with Gasteiger partial charge in [-0.15, -0.1) is 0 Å². The van der Waals surface area contributed by atoms with E-state index in [1.807, 2.05) is 24.3 Å². The summed E-state index contributed by atoms with van der Waals surface area (Å²) in [6.07, 6.45) is 0. The lowest BCUT2D eigenvalue weighted by Crippen LogP contribution is -2.29. The van der Waals surface area contributed by atoms with Gasteiger partial charge in [0.05, 0.1) is 6.61 Å². The minimum Gasteiger partial charge on any atom is -0.383 e. The number of halogens is 1. The van der Waals surface area contributed by atoms with Crippen molar-refractivity contribution < 1.29 is 4.74 Å². The third-order valence-corrected chi connectivity index (χ3v) is 2.46. The molecule has 0 aliphatic rings. The quantitative estimate of drug-likeness (QED) is 0.681. The second-order valence-corrected chi connectivity index (χ2v) is 3.98. The predicted molar refractivity (Wildman–Crippen MR) is 67.9 cm³/mol. The number of methoxy groups -OCH3 is 1. The van der Waals surface area contributed by atoms with Gasteiger partial charge in [0.1, 0.15) is 0 Å². The summed E-state index contributed by atoms with van der Waals surface area (Å²) in [6, 6.07) is 7.90. The second kappa shape index (κ2) is 8.53. The summed E-state index contributed by atoms with van der Waals surface area (Å²) < 4.78 is 4.93. The first kappa shape index (κ1) is 13.5. The molecule has 16 heavy (non-hydrogen) atoms. The zero-order chi connectivity index (χ0) is 11.6. The molecule has 0 fully saturated rings. The van der Waals surface area contributed by atoms with Gasteiger partial charge in [0.2, 0.25) is 0 Å². The summed E-state index contributed by atoms with van der Waals surface area (Å²) in [7, 11) is 1.71. The summed E-state index contributed by atoms with van der Waals surface area (Å²) in [5.74, 6) is 0. The molecule has 1 aromatic rings. The molecule has 0 saturated heterocycles. The molecule has 2 N–H and O–H groups in total. The van der Waals surface area contributed by atoms with E-state index in [0.717, 1.165) is 37.8 Å². The summed E-state index contributed by atoms with van der Waals surface area (Å²) in [4.78, 5) is 0. The SMILES string of the molecule is COCCNCCNCc1ccc(Cl)cc1. The van der Waals surface area contributed by atoms with Gasteiger partial charge < -0.3 is 15.4 Å². The van der Waals surface area contributed by atoms with Gasteiger partial charge in [-0.05, 0) is 17.7 Å². The van der Waals surface area contributed by atoms with Crippen LogP contribution < -0.4 is 10.6 Å². The van der Waals surface area contributed by atoms with Crippen LogP contribution in [0.5, 0.6) is 0 Å². The first-order valence-electron chi connectivity index (χ1n) is 5.48. The van der Waals surface area contributed by atoms with Crippen LogP contribution in [0.4, 0.5) is 0 Å². The Bertz CT molecular complexity index is 277. The fraction of sp³-hybridized carbons (Fsp3) is 0.500. The Morgan fingerprint density at radius 2 is 1.75 bits per heavy atom. The molecule has 0 radical (unpaired) electrons. The normalized spacial score (nSPS) is 10.6. The van der Waals surface area contributed by atoms with Crippen molar-refractivity contribution in [1.29, 1.82) is 0 Å². The maximum absolute atomic E-state index is 5.80. The molecule has 1 aromatic carbocycles. The van der Waals surface area contributed by atoms with E-state index in [9.17, 15) is 0 Å². The lowest BCUT2D eigenvalue weighted by Gasteiger charge is -2.06. The fourth-order valence-electron chi connectivity index (χ4n) is 1.31. The van der Waals surface area contributed by atoms with Gasteiger partial charge in [-0.2, -0.15) is 0 Å². The van der Waals surface area contributed by atoms with Gasteiger partial charge in [0, 0.05) is 38.3 Å². The minimum atomic E-state index is 0.761. The predicted octanol–water partition coefficient (Wildman–Crippen LogP) is 1.67. The van der Waals surface area contributed by atoms with Crippen LogP contribution in [0, 0.1) is 0 Å². The molecule has 0 aromatic heterocycles. The van der Waals surface area contributed by atoms with E-state index in [2.05, 4.69) is 10.6 Å². The van der Waals surface area contributed by atoms with Crippen LogP contribution in [-0.4, -0.2) is 33.4 Å². The molecule has 0 spiro atoms. The fourth-order valence-corrected chi connectivity index (χ4v) is 1.44. The van der Waals surface area contributed by atoms with E-state index in [0.29, 0.717) is 0 Å². The minimum absolute atomic E-state index is 0.761. The Labute approximate surface area is 102 Å². The van der Waals surface area contributed by atoms with Gasteiger partial charge in [-0.1, -0.05) is 23.7 Å². The molecular formula is C12H19ClN2O. The number of hydrogen-bond acceptors (Lipinski definition) is 3. The van der Waals surface area contributed by atoms with Crippen molar-refractivity contribution in [2.24, 2.45) is 0 Å². The van der Waals surface area contributed by atoms with Crippen molar-refractivity contribution in [3.63, 3.8) is 0 Å². The molecule has 0 bridgehead atoms. The average molecular weight is 243 g/mol. The Hall–Kier alpha value is -0.610. The second-order valence-electron chi connectivity index (χ2n) is 3.55. The van der Waals surface area contributed by atoms with Gasteiger partial charge in [0.25, 0.3) is 0 Å². The van der Waals surface area contributed by atoms with Crippen molar-refractivity contribution >= 4 is 11.6 Å². The molecule has 0 aliphatic carbocycles. The van der Waals surface area contributed by atoms with E-state index in [4.69, 9.17) is 16.3 Å². The third-order valence-electron chi connectivity index (χ3n) is 2.20. The smallest absolute Gasteiger partial charge is 0.0587 e. The highest BCUT2D eigenvalue weighted by atomic mass is 35.5. The summed E-state index contributed by atoms with van der Waals surface area (Å²) >= 11 is 5.80. The van der Waals surface area contributed by atoms with E-state index >= 15 is 0 Å². The zero-order valence-electron chi connectivity index (χ0n) is 9.63. The summed E-state index contributed by atoms with van der Waals surface area (Å²) in [5, 5.41) is 7.41. The van der Waals surface area contributed by atoms with Crippen molar-refractivity contribution in [3.8, 4) is 0 Å². The highest BCUT2D eigenvalue weighted by molar-refractivity contribution is 6.30. The number of rotatable bonds is 8. The Kier molecular flexibility index (Phi) is 7.17. The van der Waals surface area contributed by atoms with E-state index in [1.54, 1.807) is 7.11 Å². The Morgan fingerprint density at radius 1 is 1.06 bits per heavy atom. The standard InChI is InChI=1S/C12H19ClN2O/c1-16-9-8-14-6-7-15-10-11-2-4-12(13)5-3-11/h2-5,14-15H,6-10H2,1H3. The van der Waals surface area contributed by atoms with Crippen LogP contribution in [0.3, 0.4) is 0 Å². The molecule has 3 nitrogen and oxygen atoms in total. The number of nitrogens with one attached hydrogen (secondary N) is 2. The molecule has 90 valence electrons. The molecule has 1 rings (SSSR count). The van der Waals surface area contributed by atoms with Gasteiger partial charge in [-0.3, -0.25) is 0 Å². The lowest BCUT2D eigenvalue weighted by molar-refractivity contribution is 0.199. The molecule has 0 aliphatic heterocycles. The van der Waals surface area contributed by atoms with Crippen LogP contribution in [0.2, 0.25) is 5.02 Å². The molecule has 0 amide bonds. The summed E-state index contributed by atoms with van der Waals surface area (Å²) in [6.45, 7) is 4.45. The molecule has 0 saturated carbocycles. The molecule has 0 heterocycles. The van der Waals surface area contributed by atoms with Crippen molar-refractivity contribution in [2.45, 2.75) is 6.54 Å². The topological polar surface area (TPSA) is 33.3 Å². The number of ether oxygens (including phenoxy) is 1. The molecule has 0 unspecified atom stereocenters. The maximum atomic E-state index is 5.80. The van der Waals surface area contributed by atoms with E-state index < -0.39 is 0 Å². The Morgan fingerprint density at radius 3 is 2.44 bits per heavy atom. The van der Waals surface area contributed by atoms with Crippen LogP contribution in [0.25, 0.3) is 0 Å². The monoisotopic (exact) mass is 242 g/mol. The largest absolute Gasteiger partial charge is 0.383 e. The molecular weight excluding hydrogens is 224 g/mol. The third kappa shape index (κ3) is 6.08. The van der Waals surface area contributed by atoms with E-state index in [-0.39, 0.29) is 0 Å². The first-order valence-corrected chi connectivity index (χ1v) is 5.85. The molecule has 0 atom stereocenters. The Balaban J connectivity index is 2.01. The van der Waals surface area contributed by atoms with Crippen LogP contribution >= 0.6 is 11.6 Å². The average Bonchev–Trinajstić information content (AvgIpc) is 2.30. The van der Waals surface area contributed by atoms with Crippen molar-refractivity contribution in [1.82, 2.24) is 10.6 Å². The van der Waals surface area contributed by atoms with Gasteiger partial charge in [-0.25, -0.2) is 0 Å². The van der Waals surface area contributed by atoms with Gasteiger partial charge >= 0.3 is 0 Å². The van der Waals surface area contributed by atoms with Crippen LogP contribution in [-0.2, 0) is 11.3 Å². The maximum Gasteiger partial charge on any atom is 0.0587 e. The van der Waals surface area contributed by atoms with Crippen molar-refractivity contribution in [2.75, 3.05) is 33.4 Å². The van der Waals surface area contributed by atoms with E-state index in [1.165, 1.54) is 5.56 Å². The van der Waals surface area contributed by atoms with Crippen LogP contribution in [0.1, 0.15) is 5.56 Å². The highest BCUT2D eigenvalue weighted by Crippen LogP contribution is 2.08. The van der Waals surface area contributed by atoms with Gasteiger partial charge in [0.15, 0.2) is 0 Å².